The number of rotatable bonds is 3. The molecule has 1 fully saturated rings. The SMILES string of the molecule is CC(=O)N(c1cc(Cl)ncc1C(N)=O)[C@H]1CCCNC1. The molecular formula is C13H17ClN4O2. The summed E-state index contributed by atoms with van der Waals surface area (Å²) in [6.45, 7) is 3.08. The van der Waals surface area contributed by atoms with Crippen LogP contribution in [0, 0.1) is 0 Å². The molecule has 2 heterocycles. The van der Waals surface area contributed by atoms with Crippen LogP contribution in [-0.4, -0.2) is 35.9 Å². The number of piperidine rings is 1. The Kier molecular flexibility index (Phi) is 4.57. The van der Waals surface area contributed by atoms with Crippen molar-refractivity contribution in [2.45, 2.75) is 25.8 Å². The summed E-state index contributed by atoms with van der Waals surface area (Å²) in [6, 6.07) is 1.50. The third kappa shape index (κ3) is 3.08. The number of carbonyl (C=O) groups excluding carboxylic acids is 2. The van der Waals surface area contributed by atoms with E-state index < -0.39 is 5.91 Å². The van der Waals surface area contributed by atoms with Gasteiger partial charge in [-0.2, -0.15) is 0 Å². The van der Waals surface area contributed by atoms with Gasteiger partial charge in [0.2, 0.25) is 5.91 Å². The van der Waals surface area contributed by atoms with E-state index >= 15 is 0 Å². The highest BCUT2D eigenvalue weighted by atomic mass is 35.5. The molecule has 3 N–H and O–H groups in total. The predicted octanol–water partition coefficient (Wildman–Crippen LogP) is 0.939. The lowest BCUT2D eigenvalue weighted by atomic mass is 10.0. The van der Waals surface area contributed by atoms with Gasteiger partial charge in [0.25, 0.3) is 5.91 Å². The van der Waals surface area contributed by atoms with Crippen molar-refractivity contribution in [1.82, 2.24) is 10.3 Å². The largest absolute Gasteiger partial charge is 0.365 e. The van der Waals surface area contributed by atoms with Gasteiger partial charge < -0.3 is 16.0 Å². The van der Waals surface area contributed by atoms with E-state index in [1.807, 2.05) is 0 Å². The Labute approximate surface area is 122 Å². The minimum atomic E-state index is -0.626. The van der Waals surface area contributed by atoms with Crippen LogP contribution in [0.25, 0.3) is 0 Å². The summed E-state index contributed by atoms with van der Waals surface area (Å²) in [5.41, 5.74) is 5.99. The molecule has 1 aliphatic rings. The molecule has 1 aromatic heterocycles. The fourth-order valence-corrected chi connectivity index (χ4v) is 2.64. The lowest BCUT2D eigenvalue weighted by Gasteiger charge is -2.34. The molecule has 1 aromatic rings. The quantitative estimate of drug-likeness (QED) is 0.813. The van der Waals surface area contributed by atoms with E-state index in [4.69, 9.17) is 17.3 Å². The number of aromatic nitrogens is 1. The number of nitrogens with zero attached hydrogens (tertiary/aromatic N) is 2. The first-order valence-corrected chi connectivity index (χ1v) is 6.84. The number of hydrogen-bond acceptors (Lipinski definition) is 4. The highest BCUT2D eigenvalue weighted by Gasteiger charge is 2.27. The molecule has 0 aromatic carbocycles. The Morgan fingerprint density at radius 1 is 1.55 bits per heavy atom. The van der Waals surface area contributed by atoms with Crippen molar-refractivity contribution in [2.75, 3.05) is 18.0 Å². The average molecular weight is 297 g/mol. The maximum Gasteiger partial charge on any atom is 0.252 e. The van der Waals surface area contributed by atoms with Crippen LogP contribution in [0.4, 0.5) is 5.69 Å². The smallest absolute Gasteiger partial charge is 0.252 e. The average Bonchev–Trinajstić information content (AvgIpc) is 2.39. The van der Waals surface area contributed by atoms with E-state index in [1.54, 1.807) is 4.90 Å². The van der Waals surface area contributed by atoms with Crippen LogP contribution in [0.1, 0.15) is 30.1 Å². The molecule has 1 atom stereocenters. The van der Waals surface area contributed by atoms with Gasteiger partial charge >= 0.3 is 0 Å². The molecule has 7 heteroatoms. The van der Waals surface area contributed by atoms with Crippen LogP contribution in [-0.2, 0) is 4.79 Å². The number of amides is 2. The minimum absolute atomic E-state index is 0.0159. The van der Waals surface area contributed by atoms with Gasteiger partial charge in [0.15, 0.2) is 0 Å². The fraction of sp³-hybridized carbons (Fsp3) is 0.462. The lowest BCUT2D eigenvalue weighted by Crippen LogP contribution is -2.48. The molecule has 0 spiro atoms. The van der Waals surface area contributed by atoms with E-state index in [1.165, 1.54) is 19.2 Å². The molecule has 1 aliphatic heterocycles. The predicted molar refractivity (Wildman–Crippen MR) is 76.8 cm³/mol. The maximum absolute atomic E-state index is 12.0. The van der Waals surface area contributed by atoms with Crippen molar-refractivity contribution in [3.05, 3.63) is 23.0 Å². The van der Waals surface area contributed by atoms with Crippen molar-refractivity contribution in [3.8, 4) is 0 Å². The van der Waals surface area contributed by atoms with E-state index in [9.17, 15) is 9.59 Å². The number of nitrogens with one attached hydrogen (secondary N) is 1. The van der Waals surface area contributed by atoms with E-state index in [0.717, 1.165) is 19.4 Å². The van der Waals surface area contributed by atoms with Gasteiger partial charge in [0.1, 0.15) is 5.15 Å². The lowest BCUT2D eigenvalue weighted by molar-refractivity contribution is -0.117. The highest BCUT2D eigenvalue weighted by molar-refractivity contribution is 6.30. The molecular weight excluding hydrogens is 280 g/mol. The number of pyridine rings is 1. The van der Waals surface area contributed by atoms with Crippen LogP contribution >= 0.6 is 11.6 Å². The van der Waals surface area contributed by atoms with Crippen molar-refractivity contribution < 1.29 is 9.59 Å². The van der Waals surface area contributed by atoms with Crippen LogP contribution in [0.15, 0.2) is 12.3 Å². The zero-order chi connectivity index (χ0) is 14.7. The van der Waals surface area contributed by atoms with Crippen LogP contribution in [0.3, 0.4) is 0 Å². The number of carbonyl (C=O) groups is 2. The second-order valence-corrected chi connectivity index (χ2v) is 5.16. The second kappa shape index (κ2) is 6.19. The highest BCUT2D eigenvalue weighted by Crippen LogP contribution is 2.27. The number of hydrogen-bond donors (Lipinski definition) is 2. The Morgan fingerprint density at radius 2 is 2.30 bits per heavy atom. The van der Waals surface area contributed by atoms with E-state index in [2.05, 4.69) is 10.3 Å². The summed E-state index contributed by atoms with van der Waals surface area (Å²) < 4.78 is 0. The third-order valence-corrected chi connectivity index (χ3v) is 3.56. The van der Waals surface area contributed by atoms with E-state index in [-0.39, 0.29) is 22.7 Å². The molecule has 0 bridgehead atoms. The first-order chi connectivity index (χ1) is 9.50. The normalized spacial score (nSPS) is 18.6. The summed E-state index contributed by atoms with van der Waals surface area (Å²) in [5, 5.41) is 3.47. The minimum Gasteiger partial charge on any atom is -0.365 e. The molecule has 2 rings (SSSR count). The Hall–Kier alpha value is -1.66. The molecule has 20 heavy (non-hydrogen) atoms. The van der Waals surface area contributed by atoms with Crippen molar-refractivity contribution in [2.24, 2.45) is 5.73 Å². The van der Waals surface area contributed by atoms with E-state index in [0.29, 0.717) is 12.2 Å². The second-order valence-electron chi connectivity index (χ2n) is 4.78. The van der Waals surface area contributed by atoms with Gasteiger partial charge in [-0.15, -0.1) is 0 Å². The standard InChI is InChI=1S/C13H17ClN4O2/c1-8(19)18(9-3-2-4-16-6-9)11-5-12(14)17-7-10(11)13(15)20/h5,7,9,16H,2-4,6H2,1H3,(H2,15,20)/t9-/m0/s1. The van der Waals surface area contributed by atoms with Gasteiger partial charge in [-0.05, 0) is 19.4 Å². The van der Waals surface area contributed by atoms with Gasteiger partial charge in [0, 0.05) is 31.8 Å². The summed E-state index contributed by atoms with van der Waals surface area (Å²) in [5.74, 6) is -0.775. The summed E-state index contributed by atoms with van der Waals surface area (Å²) in [7, 11) is 0. The molecule has 0 unspecified atom stereocenters. The van der Waals surface area contributed by atoms with Crippen molar-refractivity contribution >= 4 is 29.1 Å². The molecule has 0 radical (unpaired) electrons. The Morgan fingerprint density at radius 3 is 2.85 bits per heavy atom. The van der Waals surface area contributed by atoms with Gasteiger partial charge in [-0.1, -0.05) is 11.6 Å². The van der Waals surface area contributed by atoms with Gasteiger partial charge in [0.05, 0.1) is 11.3 Å². The van der Waals surface area contributed by atoms with Crippen LogP contribution in [0.5, 0.6) is 0 Å². The van der Waals surface area contributed by atoms with Gasteiger partial charge in [-0.3, -0.25) is 9.59 Å². The molecule has 108 valence electrons. The number of anilines is 1. The fourth-order valence-electron chi connectivity index (χ4n) is 2.49. The molecule has 0 aliphatic carbocycles. The zero-order valence-corrected chi connectivity index (χ0v) is 12.0. The summed E-state index contributed by atoms with van der Waals surface area (Å²) in [6.07, 6.45) is 3.15. The number of halogens is 1. The molecule has 1 saturated heterocycles. The number of primary amides is 1. The van der Waals surface area contributed by atoms with Crippen LogP contribution < -0.4 is 16.0 Å². The summed E-state index contributed by atoms with van der Waals surface area (Å²) in [4.78, 5) is 29.0. The molecule has 0 saturated carbocycles. The first-order valence-electron chi connectivity index (χ1n) is 6.46. The monoisotopic (exact) mass is 296 g/mol. The first kappa shape index (κ1) is 14.7. The third-order valence-electron chi connectivity index (χ3n) is 3.35. The maximum atomic E-state index is 12.0. The number of nitrogens with two attached hydrogens (primary N) is 1. The molecule has 6 nitrogen and oxygen atoms in total. The Bertz CT molecular complexity index is 529. The van der Waals surface area contributed by atoms with Crippen molar-refractivity contribution in [3.63, 3.8) is 0 Å². The van der Waals surface area contributed by atoms with Crippen molar-refractivity contribution in [1.29, 1.82) is 0 Å². The molecule has 2 amide bonds. The topological polar surface area (TPSA) is 88.3 Å². The van der Waals surface area contributed by atoms with Gasteiger partial charge in [-0.25, -0.2) is 4.98 Å². The summed E-state index contributed by atoms with van der Waals surface area (Å²) >= 11 is 5.89. The van der Waals surface area contributed by atoms with Crippen LogP contribution in [0.2, 0.25) is 5.15 Å². The Balaban J connectivity index is 2.45. The zero-order valence-electron chi connectivity index (χ0n) is 11.2.